The Balaban J connectivity index is 3.02. The van der Waals surface area contributed by atoms with E-state index in [4.69, 9.17) is 14.2 Å². The molecule has 0 aliphatic carbocycles. The maximum absolute atomic E-state index is 11.7. The van der Waals surface area contributed by atoms with Gasteiger partial charge >= 0.3 is 5.97 Å². The lowest BCUT2D eigenvalue weighted by atomic mass is 10.3. The van der Waals surface area contributed by atoms with Crippen LogP contribution >= 0.6 is 0 Å². The van der Waals surface area contributed by atoms with Crippen LogP contribution in [-0.2, 0) is 9.53 Å². The molecule has 1 rings (SSSR count). The van der Waals surface area contributed by atoms with Crippen molar-refractivity contribution in [3.8, 4) is 17.2 Å². The molecule has 116 valence electrons. The summed E-state index contributed by atoms with van der Waals surface area (Å²) < 4.78 is 20.9. The van der Waals surface area contributed by atoms with Gasteiger partial charge in [-0.05, 0) is 19.1 Å². The van der Waals surface area contributed by atoms with Gasteiger partial charge in [0.25, 0.3) is 0 Å². The smallest absolute Gasteiger partial charge is 0.375 e. The van der Waals surface area contributed by atoms with Crippen molar-refractivity contribution >= 4 is 5.97 Å². The maximum Gasteiger partial charge on any atom is 0.375 e. The van der Waals surface area contributed by atoms with E-state index in [0.717, 1.165) is 0 Å². The first-order valence-corrected chi connectivity index (χ1v) is 6.47. The van der Waals surface area contributed by atoms with E-state index in [2.05, 4.69) is 4.74 Å². The zero-order valence-electron chi connectivity index (χ0n) is 13.0. The van der Waals surface area contributed by atoms with E-state index in [1.807, 2.05) is 6.92 Å². The zero-order valence-corrected chi connectivity index (χ0v) is 13.0. The number of rotatable bonds is 7. The standard InChI is InChI=1S/C15H21NO5/c1-6-20-12-8-7-11(9-13(12)18-4)21-14(10-16(2)3)15(17)19-5/h7-10H,6H2,1-5H3/b14-10+. The predicted octanol–water partition coefficient (Wildman–Crippen LogP) is 2.05. The Bertz CT molecular complexity index is 511. The van der Waals surface area contributed by atoms with Gasteiger partial charge in [-0.3, -0.25) is 0 Å². The number of carbonyl (C=O) groups excluding carboxylic acids is 1. The van der Waals surface area contributed by atoms with E-state index < -0.39 is 5.97 Å². The Morgan fingerprint density at radius 2 is 1.95 bits per heavy atom. The third kappa shape index (κ3) is 4.91. The molecule has 6 nitrogen and oxygen atoms in total. The number of methoxy groups -OCH3 is 2. The molecule has 0 amide bonds. The number of ether oxygens (including phenoxy) is 4. The molecule has 0 aliphatic heterocycles. The fourth-order valence-corrected chi connectivity index (χ4v) is 1.57. The second-order valence-corrected chi connectivity index (χ2v) is 4.30. The third-order valence-corrected chi connectivity index (χ3v) is 2.42. The first kappa shape index (κ1) is 16.7. The maximum atomic E-state index is 11.7. The molecule has 0 unspecified atom stereocenters. The summed E-state index contributed by atoms with van der Waals surface area (Å²) in [5.74, 6) is 1.12. The normalized spacial score (nSPS) is 10.8. The van der Waals surface area contributed by atoms with E-state index >= 15 is 0 Å². The summed E-state index contributed by atoms with van der Waals surface area (Å²) in [5.41, 5.74) is 0. The summed E-state index contributed by atoms with van der Waals surface area (Å²) in [7, 11) is 6.41. The molecular formula is C15H21NO5. The summed E-state index contributed by atoms with van der Waals surface area (Å²) in [5, 5.41) is 0. The minimum absolute atomic E-state index is 0.0775. The molecule has 0 N–H and O–H groups in total. The van der Waals surface area contributed by atoms with Crippen molar-refractivity contribution in [1.82, 2.24) is 4.90 Å². The predicted molar refractivity (Wildman–Crippen MR) is 78.6 cm³/mol. The summed E-state index contributed by atoms with van der Waals surface area (Å²) in [4.78, 5) is 13.4. The van der Waals surface area contributed by atoms with Gasteiger partial charge in [-0.25, -0.2) is 4.79 Å². The quantitative estimate of drug-likeness (QED) is 0.436. The van der Waals surface area contributed by atoms with Crippen LogP contribution in [0.3, 0.4) is 0 Å². The molecule has 0 aromatic heterocycles. The number of esters is 1. The Morgan fingerprint density at radius 3 is 2.48 bits per heavy atom. The Kier molecular flexibility index (Phi) is 6.39. The molecule has 0 aliphatic rings. The fraction of sp³-hybridized carbons (Fsp3) is 0.400. The van der Waals surface area contributed by atoms with E-state index in [9.17, 15) is 4.79 Å². The number of carbonyl (C=O) groups is 1. The van der Waals surface area contributed by atoms with Crippen molar-refractivity contribution in [2.75, 3.05) is 34.9 Å². The number of hydrogen-bond donors (Lipinski definition) is 0. The second kappa shape index (κ2) is 8.04. The highest BCUT2D eigenvalue weighted by Crippen LogP contribution is 2.32. The lowest BCUT2D eigenvalue weighted by molar-refractivity contribution is -0.138. The van der Waals surface area contributed by atoms with E-state index in [-0.39, 0.29) is 5.76 Å². The summed E-state index contributed by atoms with van der Waals surface area (Å²) in [6.07, 6.45) is 1.54. The van der Waals surface area contributed by atoms with Crippen LogP contribution < -0.4 is 14.2 Å². The average Bonchev–Trinajstić information content (AvgIpc) is 2.47. The molecule has 21 heavy (non-hydrogen) atoms. The molecule has 0 atom stereocenters. The molecule has 1 aromatic rings. The van der Waals surface area contributed by atoms with Gasteiger partial charge in [-0.1, -0.05) is 0 Å². The van der Waals surface area contributed by atoms with Crippen LogP contribution in [0.4, 0.5) is 0 Å². The highest BCUT2D eigenvalue weighted by atomic mass is 16.6. The highest BCUT2D eigenvalue weighted by molar-refractivity contribution is 5.86. The van der Waals surface area contributed by atoms with Gasteiger partial charge in [0.05, 0.1) is 20.8 Å². The minimum Gasteiger partial charge on any atom is -0.493 e. The van der Waals surface area contributed by atoms with Gasteiger partial charge in [0, 0.05) is 26.4 Å². The molecule has 0 fully saturated rings. The van der Waals surface area contributed by atoms with Gasteiger partial charge in [-0.15, -0.1) is 0 Å². The van der Waals surface area contributed by atoms with Crippen molar-refractivity contribution in [1.29, 1.82) is 0 Å². The third-order valence-electron chi connectivity index (χ3n) is 2.42. The van der Waals surface area contributed by atoms with Crippen LogP contribution in [0.5, 0.6) is 17.2 Å². The van der Waals surface area contributed by atoms with Crippen LogP contribution in [0.2, 0.25) is 0 Å². The average molecular weight is 295 g/mol. The van der Waals surface area contributed by atoms with E-state index in [0.29, 0.717) is 23.9 Å². The lowest BCUT2D eigenvalue weighted by Crippen LogP contribution is -2.15. The Morgan fingerprint density at radius 1 is 1.24 bits per heavy atom. The zero-order chi connectivity index (χ0) is 15.8. The largest absolute Gasteiger partial charge is 0.493 e. The van der Waals surface area contributed by atoms with Crippen LogP contribution in [-0.4, -0.2) is 45.8 Å². The Hall–Kier alpha value is -2.37. The van der Waals surface area contributed by atoms with E-state index in [1.165, 1.54) is 13.3 Å². The molecule has 6 heteroatoms. The topological polar surface area (TPSA) is 57.2 Å². The van der Waals surface area contributed by atoms with Gasteiger partial charge in [0.2, 0.25) is 5.76 Å². The van der Waals surface area contributed by atoms with E-state index in [1.54, 1.807) is 44.3 Å². The van der Waals surface area contributed by atoms with Crippen molar-refractivity contribution < 1.29 is 23.7 Å². The molecule has 0 heterocycles. The number of nitrogens with zero attached hydrogens (tertiary/aromatic N) is 1. The van der Waals surface area contributed by atoms with Crippen LogP contribution in [0.1, 0.15) is 6.92 Å². The van der Waals surface area contributed by atoms with Crippen LogP contribution in [0.25, 0.3) is 0 Å². The van der Waals surface area contributed by atoms with Gasteiger partial charge in [0.1, 0.15) is 5.75 Å². The van der Waals surface area contributed by atoms with Crippen molar-refractivity contribution in [3.05, 3.63) is 30.2 Å². The highest BCUT2D eigenvalue weighted by Gasteiger charge is 2.14. The minimum atomic E-state index is -0.559. The molecular weight excluding hydrogens is 274 g/mol. The molecule has 1 aromatic carbocycles. The summed E-state index contributed by atoms with van der Waals surface area (Å²) >= 11 is 0. The molecule has 0 radical (unpaired) electrons. The first-order chi connectivity index (χ1) is 10.0. The molecule has 0 bridgehead atoms. The first-order valence-electron chi connectivity index (χ1n) is 6.47. The van der Waals surface area contributed by atoms with Gasteiger partial charge < -0.3 is 23.8 Å². The van der Waals surface area contributed by atoms with Crippen LogP contribution in [0.15, 0.2) is 30.2 Å². The summed E-state index contributed by atoms with van der Waals surface area (Å²) in [6.45, 7) is 2.42. The monoisotopic (exact) mass is 295 g/mol. The number of benzene rings is 1. The van der Waals surface area contributed by atoms with Crippen molar-refractivity contribution in [2.45, 2.75) is 6.92 Å². The van der Waals surface area contributed by atoms with Crippen molar-refractivity contribution in [2.24, 2.45) is 0 Å². The van der Waals surface area contributed by atoms with Crippen LogP contribution in [0, 0.1) is 0 Å². The molecule has 0 saturated heterocycles. The molecule has 0 saturated carbocycles. The Labute approximate surface area is 124 Å². The SMILES string of the molecule is CCOc1ccc(O/C(=C/N(C)C)C(=O)OC)cc1OC. The molecule has 0 spiro atoms. The number of hydrogen-bond acceptors (Lipinski definition) is 6. The van der Waals surface area contributed by atoms with Gasteiger partial charge in [0.15, 0.2) is 11.5 Å². The lowest BCUT2D eigenvalue weighted by Gasteiger charge is -2.14. The van der Waals surface area contributed by atoms with Gasteiger partial charge in [-0.2, -0.15) is 0 Å². The van der Waals surface area contributed by atoms with Crippen molar-refractivity contribution in [3.63, 3.8) is 0 Å². The fourth-order valence-electron chi connectivity index (χ4n) is 1.57. The second-order valence-electron chi connectivity index (χ2n) is 4.30. The summed E-state index contributed by atoms with van der Waals surface area (Å²) in [6, 6.07) is 5.07.